The first-order valence-corrected chi connectivity index (χ1v) is 4.30. The third-order valence-electron chi connectivity index (χ3n) is 2.24. The summed E-state index contributed by atoms with van der Waals surface area (Å²) in [6, 6.07) is 6.66. The Hall–Kier alpha value is -1.03. The van der Waals surface area contributed by atoms with Gasteiger partial charge in [0.15, 0.2) is 0 Å². The van der Waals surface area contributed by atoms with Gasteiger partial charge in [-0.05, 0) is 5.56 Å². The van der Waals surface area contributed by atoms with E-state index in [1.807, 2.05) is 0 Å². The summed E-state index contributed by atoms with van der Waals surface area (Å²) >= 11 is 0. The van der Waals surface area contributed by atoms with Crippen LogP contribution in [0.5, 0.6) is 0 Å². The molecule has 0 aromatic heterocycles. The SMILES string of the molecule is CC(c1ccccc1)C(N)C(F)(F)F. The summed E-state index contributed by atoms with van der Waals surface area (Å²) in [5, 5.41) is 0. The predicted octanol–water partition coefficient (Wildman–Crippen LogP) is 2.68. The zero-order valence-electron chi connectivity index (χ0n) is 7.75. The molecule has 78 valence electrons. The fraction of sp³-hybridized carbons (Fsp3) is 0.400. The van der Waals surface area contributed by atoms with Crippen LogP contribution < -0.4 is 5.73 Å². The summed E-state index contributed by atoms with van der Waals surface area (Å²) in [4.78, 5) is 0. The van der Waals surface area contributed by atoms with E-state index < -0.39 is 18.1 Å². The zero-order chi connectivity index (χ0) is 10.8. The van der Waals surface area contributed by atoms with Crippen molar-refractivity contribution in [3.05, 3.63) is 35.9 Å². The molecule has 0 amide bonds. The van der Waals surface area contributed by atoms with Crippen molar-refractivity contribution in [3.8, 4) is 0 Å². The fourth-order valence-electron chi connectivity index (χ4n) is 1.25. The monoisotopic (exact) mass is 203 g/mol. The van der Waals surface area contributed by atoms with Crippen molar-refractivity contribution >= 4 is 0 Å². The number of hydrogen-bond donors (Lipinski definition) is 1. The van der Waals surface area contributed by atoms with E-state index in [2.05, 4.69) is 0 Å². The molecular weight excluding hydrogens is 191 g/mol. The van der Waals surface area contributed by atoms with E-state index in [9.17, 15) is 13.2 Å². The van der Waals surface area contributed by atoms with Crippen LogP contribution in [0.4, 0.5) is 13.2 Å². The third-order valence-corrected chi connectivity index (χ3v) is 2.24. The molecule has 1 aromatic carbocycles. The van der Waals surface area contributed by atoms with Crippen LogP contribution in [-0.2, 0) is 0 Å². The van der Waals surface area contributed by atoms with Crippen molar-refractivity contribution < 1.29 is 13.2 Å². The molecule has 4 heteroatoms. The van der Waals surface area contributed by atoms with E-state index in [0.29, 0.717) is 5.56 Å². The van der Waals surface area contributed by atoms with Gasteiger partial charge in [0.05, 0.1) is 0 Å². The molecule has 2 unspecified atom stereocenters. The molecule has 1 aromatic rings. The smallest absolute Gasteiger partial charge is 0.320 e. The molecular formula is C10H12F3N. The van der Waals surface area contributed by atoms with Gasteiger partial charge in [-0.3, -0.25) is 0 Å². The molecule has 1 nitrogen and oxygen atoms in total. The lowest BCUT2D eigenvalue weighted by Crippen LogP contribution is -2.41. The Labute approximate surface area is 80.7 Å². The highest BCUT2D eigenvalue weighted by atomic mass is 19.4. The average molecular weight is 203 g/mol. The fourth-order valence-corrected chi connectivity index (χ4v) is 1.25. The lowest BCUT2D eigenvalue weighted by Gasteiger charge is -2.22. The van der Waals surface area contributed by atoms with Crippen molar-refractivity contribution in [1.29, 1.82) is 0 Å². The molecule has 0 saturated carbocycles. The lowest BCUT2D eigenvalue weighted by molar-refractivity contribution is -0.151. The Bertz CT molecular complexity index is 281. The van der Waals surface area contributed by atoms with Crippen molar-refractivity contribution in [2.24, 2.45) is 5.73 Å². The second-order valence-electron chi connectivity index (χ2n) is 3.27. The molecule has 0 aliphatic rings. The Kier molecular flexibility index (Phi) is 3.16. The van der Waals surface area contributed by atoms with Gasteiger partial charge >= 0.3 is 6.18 Å². The zero-order valence-corrected chi connectivity index (χ0v) is 7.75. The maximum absolute atomic E-state index is 12.3. The maximum atomic E-state index is 12.3. The van der Waals surface area contributed by atoms with Crippen LogP contribution in [0.2, 0.25) is 0 Å². The molecule has 0 fully saturated rings. The van der Waals surface area contributed by atoms with Crippen molar-refractivity contribution in [2.45, 2.75) is 25.1 Å². The predicted molar refractivity (Wildman–Crippen MR) is 48.9 cm³/mol. The minimum absolute atomic E-state index is 0.609. The quantitative estimate of drug-likeness (QED) is 0.785. The molecule has 0 bridgehead atoms. The van der Waals surface area contributed by atoms with E-state index in [1.165, 1.54) is 6.92 Å². The summed E-state index contributed by atoms with van der Waals surface area (Å²) in [7, 11) is 0. The molecule has 0 radical (unpaired) electrons. The number of benzene rings is 1. The molecule has 2 atom stereocenters. The Balaban J connectivity index is 2.81. The first-order valence-electron chi connectivity index (χ1n) is 4.30. The largest absolute Gasteiger partial charge is 0.404 e. The normalized spacial score (nSPS) is 16.4. The second-order valence-corrected chi connectivity index (χ2v) is 3.27. The summed E-state index contributed by atoms with van der Waals surface area (Å²) in [5.74, 6) is -0.712. The van der Waals surface area contributed by atoms with Crippen LogP contribution in [0.1, 0.15) is 18.4 Å². The van der Waals surface area contributed by atoms with Crippen LogP contribution in [-0.4, -0.2) is 12.2 Å². The Morgan fingerprint density at radius 1 is 1.14 bits per heavy atom. The summed E-state index contributed by atoms with van der Waals surface area (Å²) in [6.07, 6.45) is -4.34. The summed E-state index contributed by atoms with van der Waals surface area (Å²) in [5.41, 5.74) is 5.71. The number of rotatable bonds is 2. The summed E-state index contributed by atoms with van der Waals surface area (Å²) in [6.45, 7) is 1.48. The second kappa shape index (κ2) is 4.00. The number of nitrogens with two attached hydrogens (primary N) is 1. The molecule has 14 heavy (non-hydrogen) atoms. The summed E-state index contributed by atoms with van der Waals surface area (Å²) < 4.78 is 36.8. The van der Waals surface area contributed by atoms with Crippen molar-refractivity contribution in [2.75, 3.05) is 0 Å². The highest BCUT2D eigenvalue weighted by molar-refractivity contribution is 5.20. The molecule has 0 saturated heterocycles. The van der Waals surface area contributed by atoms with Crippen molar-refractivity contribution in [3.63, 3.8) is 0 Å². The van der Waals surface area contributed by atoms with Crippen LogP contribution in [0.3, 0.4) is 0 Å². The van der Waals surface area contributed by atoms with Gasteiger partial charge in [-0.2, -0.15) is 13.2 Å². The van der Waals surface area contributed by atoms with Crippen LogP contribution in [0, 0.1) is 0 Å². The topological polar surface area (TPSA) is 26.0 Å². The van der Waals surface area contributed by atoms with Crippen LogP contribution in [0.25, 0.3) is 0 Å². The average Bonchev–Trinajstić information content (AvgIpc) is 2.15. The van der Waals surface area contributed by atoms with E-state index in [-0.39, 0.29) is 0 Å². The first kappa shape index (κ1) is 11.0. The molecule has 0 spiro atoms. The van der Waals surface area contributed by atoms with E-state index >= 15 is 0 Å². The molecule has 0 aliphatic heterocycles. The third kappa shape index (κ3) is 2.48. The molecule has 2 N–H and O–H groups in total. The van der Waals surface area contributed by atoms with Gasteiger partial charge in [-0.25, -0.2) is 0 Å². The van der Waals surface area contributed by atoms with E-state index in [4.69, 9.17) is 5.73 Å². The Morgan fingerprint density at radius 2 is 1.64 bits per heavy atom. The van der Waals surface area contributed by atoms with Gasteiger partial charge < -0.3 is 5.73 Å². The first-order chi connectivity index (χ1) is 6.43. The van der Waals surface area contributed by atoms with Gasteiger partial charge in [0.1, 0.15) is 6.04 Å². The minimum atomic E-state index is -4.34. The van der Waals surface area contributed by atoms with Gasteiger partial charge in [0.2, 0.25) is 0 Å². The molecule has 0 aliphatic carbocycles. The number of hydrogen-bond acceptors (Lipinski definition) is 1. The van der Waals surface area contributed by atoms with E-state index in [0.717, 1.165) is 0 Å². The van der Waals surface area contributed by atoms with Crippen LogP contribution in [0.15, 0.2) is 30.3 Å². The highest BCUT2D eigenvalue weighted by Crippen LogP contribution is 2.29. The van der Waals surface area contributed by atoms with Gasteiger partial charge in [0.25, 0.3) is 0 Å². The molecule has 0 heterocycles. The van der Waals surface area contributed by atoms with Gasteiger partial charge in [-0.15, -0.1) is 0 Å². The van der Waals surface area contributed by atoms with Crippen molar-refractivity contribution in [1.82, 2.24) is 0 Å². The van der Waals surface area contributed by atoms with Crippen LogP contribution >= 0.6 is 0 Å². The van der Waals surface area contributed by atoms with E-state index in [1.54, 1.807) is 30.3 Å². The highest BCUT2D eigenvalue weighted by Gasteiger charge is 2.40. The maximum Gasteiger partial charge on any atom is 0.404 e. The number of halogens is 3. The lowest BCUT2D eigenvalue weighted by atomic mass is 9.94. The van der Waals surface area contributed by atoms with Gasteiger partial charge in [0, 0.05) is 5.92 Å². The Morgan fingerprint density at radius 3 is 2.07 bits per heavy atom. The minimum Gasteiger partial charge on any atom is -0.320 e. The standard InChI is InChI=1S/C10H12F3N/c1-7(9(14)10(11,12)13)8-5-3-2-4-6-8/h2-7,9H,14H2,1H3. The van der Waals surface area contributed by atoms with Gasteiger partial charge in [-0.1, -0.05) is 37.3 Å². The number of alkyl halides is 3. The molecule has 1 rings (SSSR count).